The van der Waals surface area contributed by atoms with Crippen molar-refractivity contribution in [3.8, 4) is 5.75 Å². The molecule has 0 radical (unpaired) electrons. The van der Waals surface area contributed by atoms with E-state index in [1.807, 2.05) is 30.3 Å². The molecule has 2 N–H and O–H groups in total. The number of carbonyl (C=O) groups is 2. The summed E-state index contributed by atoms with van der Waals surface area (Å²) in [7, 11) is 0. The quantitative estimate of drug-likeness (QED) is 0.619. The van der Waals surface area contributed by atoms with Gasteiger partial charge in [0.15, 0.2) is 0 Å². The third kappa shape index (κ3) is 6.67. The third-order valence-corrected chi connectivity index (χ3v) is 2.41. The van der Waals surface area contributed by atoms with Gasteiger partial charge in [-0.25, -0.2) is 4.79 Å². The van der Waals surface area contributed by atoms with Gasteiger partial charge >= 0.3 is 6.03 Å². The molecule has 0 aliphatic heterocycles. The number of carbonyl (C=O) groups excluding carboxylic acids is 2. The van der Waals surface area contributed by atoms with E-state index in [1.165, 1.54) is 6.92 Å². The molecule has 0 bridgehead atoms. The number of para-hydroxylation sites is 1. The normalized spacial score (nSPS) is 11.5. The summed E-state index contributed by atoms with van der Waals surface area (Å²) in [4.78, 5) is 22.3. The number of alkyl halides is 1. The lowest BCUT2D eigenvalue weighted by atomic mass is 10.3. The van der Waals surface area contributed by atoms with Crippen molar-refractivity contribution in [1.29, 1.82) is 0 Å². The van der Waals surface area contributed by atoms with Gasteiger partial charge in [0, 0.05) is 6.54 Å². The zero-order valence-electron chi connectivity index (χ0n) is 10.7. The summed E-state index contributed by atoms with van der Waals surface area (Å²) in [6.07, 6.45) is 0.646. The fraction of sp³-hybridized carbons (Fsp3) is 0.385. The minimum atomic E-state index is -0.729. The summed E-state index contributed by atoms with van der Waals surface area (Å²) >= 11 is 5.51. The lowest BCUT2D eigenvalue weighted by molar-refractivity contribution is -0.119. The van der Waals surface area contributed by atoms with Crippen LogP contribution < -0.4 is 15.4 Å². The van der Waals surface area contributed by atoms with Crippen molar-refractivity contribution in [3.63, 3.8) is 0 Å². The molecular weight excluding hydrogens is 268 g/mol. The van der Waals surface area contributed by atoms with Crippen molar-refractivity contribution in [3.05, 3.63) is 30.3 Å². The molecule has 3 amide bonds. The highest BCUT2D eigenvalue weighted by Gasteiger charge is 2.11. The van der Waals surface area contributed by atoms with Crippen molar-refractivity contribution in [2.24, 2.45) is 0 Å². The Hall–Kier alpha value is -1.75. The van der Waals surface area contributed by atoms with Gasteiger partial charge in [0.1, 0.15) is 11.1 Å². The van der Waals surface area contributed by atoms with Gasteiger partial charge in [0.05, 0.1) is 6.61 Å². The maximum atomic E-state index is 11.2. The first-order valence-electron chi connectivity index (χ1n) is 6.00. The average Bonchev–Trinajstić information content (AvgIpc) is 2.39. The van der Waals surface area contributed by atoms with E-state index in [0.717, 1.165) is 5.75 Å². The van der Waals surface area contributed by atoms with E-state index < -0.39 is 17.3 Å². The predicted octanol–water partition coefficient (Wildman–Crippen LogP) is 1.91. The van der Waals surface area contributed by atoms with E-state index >= 15 is 0 Å². The number of hydrogen-bond acceptors (Lipinski definition) is 3. The first-order chi connectivity index (χ1) is 9.09. The van der Waals surface area contributed by atoms with Gasteiger partial charge in [-0.2, -0.15) is 0 Å². The second kappa shape index (κ2) is 8.37. The molecule has 1 rings (SSSR count). The number of nitrogens with one attached hydrogen (secondary N) is 2. The summed E-state index contributed by atoms with van der Waals surface area (Å²) < 4.78 is 5.45. The SMILES string of the molecule is CC(Cl)C(=O)NC(=O)NCCCOc1ccccc1. The summed E-state index contributed by atoms with van der Waals surface area (Å²) in [5, 5.41) is 3.94. The Balaban J connectivity index is 2.08. The third-order valence-electron chi connectivity index (χ3n) is 2.22. The van der Waals surface area contributed by atoms with Crippen LogP contribution >= 0.6 is 11.6 Å². The van der Waals surface area contributed by atoms with E-state index in [2.05, 4.69) is 10.6 Å². The van der Waals surface area contributed by atoms with Crippen molar-refractivity contribution in [2.75, 3.05) is 13.2 Å². The topological polar surface area (TPSA) is 67.4 Å². The molecule has 0 saturated heterocycles. The van der Waals surface area contributed by atoms with Gasteiger partial charge in [0.25, 0.3) is 0 Å². The molecule has 0 saturated carbocycles. The molecule has 1 aromatic rings. The zero-order chi connectivity index (χ0) is 14.1. The Kier molecular flexibility index (Phi) is 6.74. The molecule has 0 heterocycles. The van der Waals surface area contributed by atoms with E-state index in [9.17, 15) is 9.59 Å². The van der Waals surface area contributed by atoms with Crippen LogP contribution in [0, 0.1) is 0 Å². The van der Waals surface area contributed by atoms with Gasteiger partial charge in [-0.1, -0.05) is 18.2 Å². The number of ether oxygens (including phenoxy) is 1. The molecule has 6 heteroatoms. The lowest BCUT2D eigenvalue weighted by Crippen LogP contribution is -2.42. The summed E-state index contributed by atoms with van der Waals surface area (Å²) in [5.74, 6) is 0.276. The van der Waals surface area contributed by atoms with Crippen molar-refractivity contribution in [1.82, 2.24) is 10.6 Å². The standard InChI is InChI=1S/C13H17ClN2O3/c1-10(14)12(17)16-13(18)15-8-5-9-19-11-6-3-2-4-7-11/h2-4,6-7,10H,5,8-9H2,1H3,(H2,15,16,17,18). The van der Waals surface area contributed by atoms with Crippen molar-refractivity contribution < 1.29 is 14.3 Å². The molecule has 1 unspecified atom stereocenters. The maximum absolute atomic E-state index is 11.2. The van der Waals surface area contributed by atoms with Crippen LogP contribution in [0.3, 0.4) is 0 Å². The number of hydrogen-bond donors (Lipinski definition) is 2. The second-order valence-electron chi connectivity index (χ2n) is 3.88. The van der Waals surface area contributed by atoms with Gasteiger partial charge in [-0.05, 0) is 25.5 Å². The number of amides is 3. The monoisotopic (exact) mass is 284 g/mol. The second-order valence-corrected chi connectivity index (χ2v) is 4.53. The van der Waals surface area contributed by atoms with Gasteiger partial charge in [-0.3, -0.25) is 10.1 Å². The van der Waals surface area contributed by atoms with Crippen LogP contribution in [0.5, 0.6) is 5.75 Å². The van der Waals surface area contributed by atoms with Crippen molar-refractivity contribution in [2.45, 2.75) is 18.7 Å². The molecule has 0 fully saturated rings. The van der Waals surface area contributed by atoms with Crippen LogP contribution in [0.4, 0.5) is 4.79 Å². The highest BCUT2D eigenvalue weighted by molar-refractivity contribution is 6.31. The Bertz CT molecular complexity index is 410. The van der Waals surface area contributed by atoms with Crippen LogP contribution in [0.2, 0.25) is 0 Å². The summed E-state index contributed by atoms with van der Waals surface area (Å²) in [6, 6.07) is 8.87. The number of urea groups is 1. The van der Waals surface area contributed by atoms with Crippen LogP contribution in [0.15, 0.2) is 30.3 Å². The zero-order valence-corrected chi connectivity index (χ0v) is 11.4. The largest absolute Gasteiger partial charge is 0.494 e. The Morgan fingerprint density at radius 2 is 2.00 bits per heavy atom. The molecule has 0 spiro atoms. The predicted molar refractivity (Wildman–Crippen MR) is 73.4 cm³/mol. The summed E-state index contributed by atoms with van der Waals surface area (Å²) in [5.41, 5.74) is 0. The van der Waals surface area contributed by atoms with Crippen molar-refractivity contribution >= 4 is 23.5 Å². The Labute approximate surface area is 117 Å². The van der Waals surface area contributed by atoms with Gasteiger partial charge in [-0.15, -0.1) is 11.6 Å². The molecule has 19 heavy (non-hydrogen) atoms. The highest BCUT2D eigenvalue weighted by Crippen LogP contribution is 2.07. The van der Waals surface area contributed by atoms with Crippen LogP contribution in [-0.4, -0.2) is 30.5 Å². The minimum absolute atomic E-state index is 0.419. The average molecular weight is 285 g/mol. The minimum Gasteiger partial charge on any atom is -0.494 e. The van der Waals surface area contributed by atoms with E-state index in [-0.39, 0.29) is 0 Å². The molecule has 1 atom stereocenters. The van der Waals surface area contributed by atoms with Crippen LogP contribution in [0.1, 0.15) is 13.3 Å². The molecule has 0 aliphatic rings. The van der Waals surface area contributed by atoms with Crippen LogP contribution in [0.25, 0.3) is 0 Å². The molecular formula is C13H17ClN2O3. The van der Waals surface area contributed by atoms with Gasteiger partial charge < -0.3 is 10.1 Å². The fourth-order valence-corrected chi connectivity index (χ4v) is 1.29. The molecule has 5 nitrogen and oxygen atoms in total. The molecule has 0 aliphatic carbocycles. The number of rotatable bonds is 6. The number of imide groups is 1. The maximum Gasteiger partial charge on any atom is 0.321 e. The van der Waals surface area contributed by atoms with E-state index in [4.69, 9.17) is 16.3 Å². The first-order valence-corrected chi connectivity index (χ1v) is 6.44. The highest BCUT2D eigenvalue weighted by atomic mass is 35.5. The summed E-state index contributed by atoms with van der Waals surface area (Å²) in [6.45, 7) is 2.41. The number of benzene rings is 1. The van der Waals surface area contributed by atoms with E-state index in [1.54, 1.807) is 0 Å². The Morgan fingerprint density at radius 1 is 1.32 bits per heavy atom. The van der Waals surface area contributed by atoms with Crippen LogP contribution in [-0.2, 0) is 4.79 Å². The molecule has 1 aromatic carbocycles. The number of halogens is 1. The molecule has 0 aromatic heterocycles. The lowest BCUT2D eigenvalue weighted by Gasteiger charge is -2.08. The smallest absolute Gasteiger partial charge is 0.321 e. The van der Waals surface area contributed by atoms with Gasteiger partial charge in [0.2, 0.25) is 5.91 Å². The fourth-order valence-electron chi connectivity index (χ4n) is 1.24. The Morgan fingerprint density at radius 3 is 2.63 bits per heavy atom. The first kappa shape index (κ1) is 15.3. The molecule has 104 valence electrons. The van der Waals surface area contributed by atoms with E-state index in [0.29, 0.717) is 19.6 Å².